The number of carbonyl (C=O) groups is 3. The Hall–Kier alpha value is -3.17. The van der Waals surface area contributed by atoms with Crippen LogP contribution in [0.15, 0.2) is 59.6 Å². The molecule has 1 saturated heterocycles. The Balaban J connectivity index is 1.30. The van der Waals surface area contributed by atoms with Crippen molar-refractivity contribution in [3.8, 4) is 0 Å². The van der Waals surface area contributed by atoms with E-state index in [0.29, 0.717) is 17.8 Å². The lowest BCUT2D eigenvalue weighted by Gasteiger charge is -2.23. The summed E-state index contributed by atoms with van der Waals surface area (Å²) in [5.74, 6) is -0.677. The van der Waals surface area contributed by atoms with Crippen molar-refractivity contribution in [2.45, 2.75) is 30.6 Å². The Kier molecular flexibility index (Phi) is 8.20. The van der Waals surface area contributed by atoms with Crippen LogP contribution in [0.25, 0.3) is 0 Å². The molecule has 2 aliphatic rings. The number of thioether (sulfide) groups is 1. The first kappa shape index (κ1) is 24.9. The zero-order chi connectivity index (χ0) is 24.8. The SMILES string of the molecule is CN(C)C[C@@H](NC(=O)c1ccc(NC(=O)C[C@H]2SC(N3CCCC3)=NC2=O)cc1)c1ccccc1. The van der Waals surface area contributed by atoms with Crippen molar-refractivity contribution < 1.29 is 14.4 Å². The number of nitrogens with one attached hydrogen (secondary N) is 2. The quantitative estimate of drug-likeness (QED) is 0.587. The maximum Gasteiger partial charge on any atom is 0.262 e. The van der Waals surface area contributed by atoms with Crippen LogP contribution < -0.4 is 10.6 Å². The molecule has 8 nitrogen and oxygen atoms in total. The number of amides is 3. The fourth-order valence-electron chi connectivity index (χ4n) is 4.16. The van der Waals surface area contributed by atoms with Crippen molar-refractivity contribution in [2.75, 3.05) is 39.0 Å². The number of aliphatic imine (C=N–C) groups is 1. The lowest BCUT2D eigenvalue weighted by Crippen LogP contribution is -2.35. The topological polar surface area (TPSA) is 94.1 Å². The zero-order valence-electron chi connectivity index (χ0n) is 20.1. The molecule has 0 saturated carbocycles. The minimum absolute atomic E-state index is 0.0653. The van der Waals surface area contributed by atoms with Crippen LogP contribution in [-0.4, -0.2) is 71.7 Å². The highest BCUT2D eigenvalue weighted by molar-refractivity contribution is 8.15. The third-order valence-electron chi connectivity index (χ3n) is 5.96. The van der Waals surface area contributed by atoms with Crippen LogP contribution >= 0.6 is 11.8 Å². The van der Waals surface area contributed by atoms with Crippen LogP contribution in [0.1, 0.15) is 41.2 Å². The van der Waals surface area contributed by atoms with Crippen molar-refractivity contribution in [1.29, 1.82) is 0 Å². The molecule has 184 valence electrons. The predicted octanol–water partition coefficient (Wildman–Crippen LogP) is 3.14. The number of rotatable bonds is 8. The van der Waals surface area contributed by atoms with Crippen molar-refractivity contribution in [3.63, 3.8) is 0 Å². The summed E-state index contributed by atoms with van der Waals surface area (Å²) in [5.41, 5.74) is 2.12. The molecule has 35 heavy (non-hydrogen) atoms. The first-order valence-electron chi connectivity index (χ1n) is 11.8. The van der Waals surface area contributed by atoms with E-state index in [-0.39, 0.29) is 30.2 Å². The fourth-order valence-corrected chi connectivity index (χ4v) is 5.28. The molecular weight excluding hydrogens is 462 g/mol. The lowest BCUT2D eigenvalue weighted by molar-refractivity contribution is -0.121. The standard InChI is InChI=1S/C26H31N5O3S/c1-30(2)17-21(18-8-4-3-5-9-18)28-24(33)19-10-12-20(13-11-19)27-23(32)16-22-25(34)29-26(35-22)31-14-6-7-15-31/h3-5,8-13,21-22H,6-7,14-17H2,1-2H3,(H,27,32)(H,28,33)/t21-,22-/m1/s1. The van der Waals surface area contributed by atoms with Gasteiger partial charge in [0, 0.05) is 37.3 Å². The molecule has 2 atom stereocenters. The summed E-state index contributed by atoms with van der Waals surface area (Å²) in [6, 6.07) is 16.5. The van der Waals surface area contributed by atoms with E-state index in [9.17, 15) is 14.4 Å². The highest BCUT2D eigenvalue weighted by Crippen LogP contribution is 2.29. The predicted molar refractivity (Wildman–Crippen MR) is 140 cm³/mol. The third kappa shape index (κ3) is 6.70. The highest BCUT2D eigenvalue weighted by Gasteiger charge is 2.33. The van der Waals surface area contributed by atoms with Gasteiger partial charge in [0.1, 0.15) is 5.25 Å². The Morgan fingerprint density at radius 1 is 1.09 bits per heavy atom. The van der Waals surface area contributed by atoms with E-state index in [4.69, 9.17) is 0 Å². The minimum atomic E-state index is -0.484. The monoisotopic (exact) mass is 493 g/mol. The number of carbonyl (C=O) groups excluding carboxylic acids is 3. The molecule has 3 amide bonds. The Labute approximate surface area is 210 Å². The van der Waals surface area contributed by atoms with Gasteiger partial charge in [0.05, 0.1) is 6.04 Å². The number of amidine groups is 1. The Bertz CT molecular complexity index is 1080. The van der Waals surface area contributed by atoms with Crippen LogP contribution in [0.4, 0.5) is 5.69 Å². The van der Waals surface area contributed by atoms with Crippen molar-refractivity contribution >= 4 is 40.3 Å². The number of nitrogens with zero attached hydrogens (tertiary/aromatic N) is 3. The molecule has 4 rings (SSSR count). The number of likely N-dealkylation sites (tertiary alicyclic amines) is 1. The lowest BCUT2D eigenvalue weighted by atomic mass is 10.1. The van der Waals surface area contributed by atoms with Gasteiger partial charge in [0.25, 0.3) is 11.8 Å². The molecule has 2 aromatic carbocycles. The number of anilines is 1. The summed E-state index contributed by atoms with van der Waals surface area (Å²) < 4.78 is 0. The van der Waals surface area contributed by atoms with Gasteiger partial charge >= 0.3 is 0 Å². The Morgan fingerprint density at radius 3 is 2.43 bits per heavy atom. The second-order valence-corrected chi connectivity index (χ2v) is 10.2. The van der Waals surface area contributed by atoms with Gasteiger partial charge in [-0.2, -0.15) is 4.99 Å². The fraction of sp³-hybridized carbons (Fsp3) is 0.385. The van der Waals surface area contributed by atoms with E-state index in [1.165, 1.54) is 11.8 Å². The normalized spacial score (nSPS) is 18.5. The van der Waals surface area contributed by atoms with Gasteiger partial charge in [-0.3, -0.25) is 14.4 Å². The van der Waals surface area contributed by atoms with Gasteiger partial charge in [0.2, 0.25) is 5.91 Å². The summed E-state index contributed by atoms with van der Waals surface area (Å²) in [6.45, 7) is 2.50. The van der Waals surface area contributed by atoms with Gasteiger partial charge in [-0.1, -0.05) is 42.1 Å². The van der Waals surface area contributed by atoms with Crippen LogP contribution in [0.5, 0.6) is 0 Å². The van der Waals surface area contributed by atoms with Gasteiger partial charge < -0.3 is 20.4 Å². The Morgan fingerprint density at radius 2 is 1.77 bits per heavy atom. The van der Waals surface area contributed by atoms with E-state index < -0.39 is 5.25 Å². The van der Waals surface area contributed by atoms with Crippen LogP contribution in [-0.2, 0) is 9.59 Å². The third-order valence-corrected chi connectivity index (χ3v) is 7.18. The molecule has 2 N–H and O–H groups in total. The molecule has 0 radical (unpaired) electrons. The molecule has 0 unspecified atom stereocenters. The average Bonchev–Trinajstić information content (AvgIpc) is 3.50. The summed E-state index contributed by atoms with van der Waals surface area (Å²) in [7, 11) is 3.94. The van der Waals surface area contributed by atoms with Gasteiger partial charge in [-0.25, -0.2) is 0 Å². The highest BCUT2D eigenvalue weighted by atomic mass is 32.2. The molecule has 2 aromatic rings. The van der Waals surface area contributed by atoms with E-state index in [2.05, 4.69) is 20.5 Å². The van der Waals surface area contributed by atoms with E-state index >= 15 is 0 Å². The molecule has 0 bridgehead atoms. The van der Waals surface area contributed by atoms with E-state index in [0.717, 1.165) is 36.7 Å². The molecule has 9 heteroatoms. The van der Waals surface area contributed by atoms with E-state index in [1.807, 2.05) is 49.3 Å². The van der Waals surface area contributed by atoms with Crippen molar-refractivity contribution in [1.82, 2.24) is 15.1 Å². The summed E-state index contributed by atoms with van der Waals surface area (Å²) >= 11 is 1.38. The van der Waals surface area contributed by atoms with Crippen molar-refractivity contribution in [3.05, 3.63) is 65.7 Å². The van der Waals surface area contributed by atoms with Gasteiger partial charge in [-0.15, -0.1) is 0 Å². The first-order chi connectivity index (χ1) is 16.9. The van der Waals surface area contributed by atoms with Crippen LogP contribution in [0, 0.1) is 0 Å². The molecule has 2 heterocycles. The summed E-state index contributed by atoms with van der Waals surface area (Å²) in [4.78, 5) is 46.0. The maximum atomic E-state index is 12.9. The first-order valence-corrected chi connectivity index (χ1v) is 12.7. The number of likely N-dealkylation sites (N-methyl/N-ethyl adjacent to an activating group) is 1. The molecule has 0 aromatic heterocycles. The summed E-state index contributed by atoms with van der Waals surface area (Å²) in [5, 5.41) is 6.18. The molecule has 0 spiro atoms. The minimum Gasteiger partial charge on any atom is -0.351 e. The molecular formula is C26H31N5O3S. The number of hydrogen-bond donors (Lipinski definition) is 2. The van der Waals surface area contributed by atoms with Crippen LogP contribution in [0.3, 0.4) is 0 Å². The second kappa shape index (κ2) is 11.5. The maximum absolute atomic E-state index is 12.9. The molecule has 0 aliphatic carbocycles. The van der Waals surface area contributed by atoms with Crippen molar-refractivity contribution in [2.24, 2.45) is 4.99 Å². The van der Waals surface area contributed by atoms with Gasteiger partial charge in [0.15, 0.2) is 5.17 Å². The largest absolute Gasteiger partial charge is 0.351 e. The second-order valence-electron chi connectivity index (χ2n) is 9.06. The smallest absolute Gasteiger partial charge is 0.262 e. The molecule has 1 fully saturated rings. The van der Waals surface area contributed by atoms with E-state index in [1.54, 1.807) is 24.3 Å². The molecule has 2 aliphatic heterocycles. The average molecular weight is 494 g/mol. The zero-order valence-corrected chi connectivity index (χ0v) is 20.9. The van der Waals surface area contributed by atoms with Crippen LogP contribution in [0.2, 0.25) is 0 Å². The number of hydrogen-bond acceptors (Lipinski definition) is 6. The summed E-state index contributed by atoms with van der Waals surface area (Å²) in [6.07, 6.45) is 2.28. The number of benzene rings is 2. The van der Waals surface area contributed by atoms with Gasteiger partial charge in [-0.05, 0) is 56.8 Å².